The first-order valence-corrected chi connectivity index (χ1v) is 7.08. The molecule has 2 atom stereocenters. The minimum absolute atomic E-state index is 0.159. The number of halogens is 2. The highest BCUT2D eigenvalue weighted by Gasteiger charge is 2.26. The SMILES string of the molecule is CC(C1CCCO1)n1c(CCl)nc2cc(F)ccc21. The van der Waals surface area contributed by atoms with Gasteiger partial charge in [-0.3, -0.25) is 0 Å². The van der Waals surface area contributed by atoms with Gasteiger partial charge < -0.3 is 9.30 Å². The maximum absolute atomic E-state index is 13.3. The molecule has 1 aromatic heterocycles. The van der Waals surface area contributed by atoms with Gasteiger partial charge in [-0.1, -0.05) is 0 Å². The van der Waals surface area contributed by atoms with Crippen LogP contribution in [0.3, 0.4) is 0 Å². The molecular weight excluding hydrogens is 267 g/mol. The van der Waals surface area contributed by atoms with E-state index in [1.165, 1.54) is 12.1 Å². The molecule has 3 nitrogen and oxygen atoms in total. The fourth-order valence-electron chi connectivity index (χ4n) is 2.82. The van der Waals surface area contributed by atoms with E-state index >= 15 is 0 Å². The molecule has 0 amide bonds. The van der Waals surface area contributed by atoms with E-state index in [1.54, 1.807) is 6.07 Å². The largest absolute Gasteiger partial charge is 0.376 e. The van der Waals surface area contributed by atoms with E-state index in [0.717, 1.165) is 30.8 Å². The van der Waals surface area contributed by atoms with E-state index in [1.807, 2.05) is 0 Å². The molecule has 1 saturated heterocycles. The number of hydrogen-bond donors (Lipinski definition) is 0. The van der Waals surface area contributed by atoms with E-state index in [4.69, 9.17) is 16.3 Å². The number of benzene rings is 1. The fourth-order valence-corrected chi connectivity index (χ4v) is 3.01. The molecule has 0 bridgehead atoms. The van der Waals surface area contributed by atoms with Gasteiger partial charge >= 0.3 is 0 Å². The van der Waals surface area contributed by atoms with Crippen LogP contribution in [0, 0.1) is 5.82 Å². The summed E-state index contributed by atoms with van der Waals surface area (Å²) in [6.45, 7) is 2.92. The number of hydrogen-bond acceptors (Lipinski definition) is 2. The lowest BCUT2D eigenvalue weighted by Gasteiger charge is -2.22. The van der Waals surface area contributed by atoms with Crippen molar-refractivity contribution in [2.75, 3.05) is 6.61 Å². The van der Waals surface area contributed by atoms with Crippen molar-refractivity contribution in [1.29, 1.82) is 0 Å². The molecule has 2 heterocycles. The predicted molar refractivity (Wildman–Crippen MR) is 72.9 cm³/mol. The van der Waals surface area contributed by atoms with Gasteiger partial charge in [-0.15, -0.1) is 11.6 Å². The lowest BCUT2D eigenvalue weighted by Crippen LogP contribution is -2.22. The van der Waals surface area contributed by atoms with Crippen LogP contribution in [0.15, 0.2) is 18.2 Å². The third-order valence-corrected chi connectivity index (χ3v) is 3.99. The molecule has 3 rings (SSSR count). The summed E-state index contributed by atoms with van der Waals surface area (Å²) in [5, 5.41) is 0. The summed E-state index contributed by atoms with van der Waals surface area (Å²) in [7, 11) is 0. The van der Waals surface area contributed by atoms with Gasteiger partial charge in [0.15, 0.2) is 0 Å². The van der Waals surface area contributed by atoms with E-state index in [9.17, 15) is 4.39 Å². The van der Waals surface area contributed by atoms with Crippen LogP contribution in [0.1, 0.15) is 31.6 Å². The summed E-state index contributed by atoms with van der Waals surface area (Å²) >= 11 is 5.98. The Bertz CT molecular complexity index is 592. The lowest BCUT2D eigenvalue weighted by molar-refractivity contribution is 0.0738. The molecule has 1 aliphatic rings. The van der Waals surface area contributed by atoms with Crippen molar-refractivity contribution in [3.63, 3.8) is 0 Å². The van der Waals surface area contributed by atoms with Crippen molar-refractivity contribution in [1.82, 2.24) is 9.55 Å². The van der Waals surface area contributed by atoms with Gasteiger partial charge in [-0.05, 0) is 31.9 Å². The molecule has 1 aliphatic heterocycles. The van der Waals surface area contributed by atoms with Crippen molar-refractivity contribution in [2.45, 2.75) is 37.8 Å². The molecule has 19 heavy (non-hydrogen) atoms. The molecule has 0 spiro atoms. The van der Waals surface area contributed by atoms with Crippen LogP contribution >= 0.6 is 11.6 Å². The molecule has 2 aromatic rings. The average Bonchev–Trinajstić information content (AvgIpc) is 3.04. The Morgan fingerprint density at radius 2 is 2.42 bits per heavy atom. The average molecular weight is 283 g/mol. The zero-order valence-corrected chi connectivity index (χ0v) is 11.5. The van der Waals surface area contributed by atoms with Crippen molar-refractivity contribution < 1.29 is 9.13 Å². The second-order valence-corrected chi connectivity index (χ2v) is 5.22. The summed E-state index contributed by atoms with van der Waals surface area (Å²) in [5.41, 5.74) is 1.57. The Hall–Kier alpha value is -1.13. The van der Waals surface area contributed by atoms with Crippen LogP contribution in [-0.2, 0) is 10.6 Å². The van der Waals surface area contributed by atoms with Gasteiger partial charge in [0, 0.05) is 12.7 Å². The first-order chi connectivity index (χ1) is 9.20. The van der Waals surface area contributed by atoms with Crippen LogP contribution in [0.2, 0.25) is 0 Å². The number of nitrogens with zero attached hydrogens (tertiary/aromatic N) is 2. The smallest absolute Gasteiger partial charge is 0.125 e. The van der Waals surface area contributed by atoms with Crippen LogP contribution in [-0.4, -0.2) is 22.3 Å². The first-order valence-electron chi connectivity index (χ1n) is 6.54. The maximum Gasteiger partial charge on any atom is 0.125 e. The fraction of sp³-hybridized carbons (Fsp3) is 0.500. The number of fused-ring (bicyclic) bond motifs is 1. The Morgan fingerprint density at radius 3 is 3.11 bits per heavy atom. The van der Waals surface area contributed by atoms with Crippen molar-refractivity contribution in [2.24, 2.45) is 0 Å². The summed E-state index contributed by atoms with van der Waals surface area (Å²) in [5.74, 6) is 0.807. The number of rotatable bonds is 3. The Morgan fingerprint density at radius 1 is 1.58 bits per heavy atom. The summed E-state index contributed by atoms with van der Waals surface area (Å²) in [6, 6.07) is 4.83. The van der Waals surface area contributed by atoms with Gasteiger partial charge in [0.05, 0.1) is 29.1 Å². The highest BCUT2D eigenvalue weighted by molar-refractivity contribution is 6.16. The number of alkyl halides is 1. The Balaban J connectivity index is 2.09. The zero-order valence-electron chi connectivity index (χ0n) is 10.8. The van der Waals surface area contributed by atoms with Gasteiger partial charge in [0.25, 0.3) is 0 Å². The number of ether oxygens (including phenoxy) is 1. The van der Waals surface area contributed by atoms with Gasteiger partial charge in [-0.2, -0.15) is 0 Å². The third kappa shape index (κ3) is 2.23. The van der Waals surface area contributed by atoms with Crippen LogP contribution < -0.4 is 0 Å². The minimum atomic E-state index is -0.275. The standard InChI is InChI=1S/C14H16ClFN2O/c1-9(13-3-2-6-19-13)18-12-5-4-10(16)7-11(12)17-14(18)8-15/h4-5,7,9,13H,2-3,6,8H2,1H3. The molecular formula is C14H16ClFN2O. The summed E-state index contributed by atoms with van der Waals surface area (Å²) in [4.78, 5) is 4.42. The topological polar surface area (TPSA) is 27.1 Å². The first kappa shape index (κ1) is 12.9. The molecule has 0 saturated carbocycles. The Kier molecular flexibility index (Phi) is 3.46. The molecule has 1 aromatic carbocycles. The highest BCUT2D eigenvalue weighted by Crippen LogP contribution is 2.30. The van der Waals surface area contributed by atoms with Crippen LogP contribution in [0.5, 0.6) is 0 Å². The van der Waals surface area contributed by atoms with Crippen molar-refractivity contribution in [3.8, 4) is 0 Å². The van der Waals surface area contributed by atoms with Crippen LogP contribution in [0.4, 0.5) is 4.39 Å². The summed E-state index contributed by atoms with van der Waals surface area (Å²) in [6.07, 6.45) is 2.32. The van der Waals surface area contributed by atoms with Crippen LogP contribution in [0.25, 0.3) is 11.0 Å². The minimum Gasteiger partial charge on any atom is -0.376 e. The van der Waals surface area contributed by atoms with E-state index in [-0.39, 0.29) is 18.0 Å². The lowest BCUT2D eigenvalue weighted by atomic mass is 10.1. The highest BCUT2D eigenvalue weighted by atomic mass is 35.5. The van der Waals surface area contributed by atoms with E-state index in [2.05, 4.69) is 16.5 Å². The van der Waals surface area contributed by atoms with E-state index in [0.29, 0.717) is 11.4 Å². The van der Waals surface area contributed by atoms with E-state index < -0.39 is 0 Å². The molecule has 0 radical (unpaired) electrons. The van der Waals surface area contributed by atoms with Gasteiger partial charge in [0.1, 0.15) is 11.6 Å². The second-order valence-electron chi connectivity index (χ2n) is 4.96. The summed E-state index contributed by atoms with van der Waals surface area (Å²) < 4.78 is 21.1. The molecule has 0 N–H and O–H groups in total. The molecule has 5 heteroatoms. The molecule has 102 valence electrons. The number of imidazole rings is 1. The molecule has 1 fully saturated rings. The Labute approximate surface area is 116 Å². The molecule has 2 unspecified atom stereocenters. The quantitative estimate of drug-likeness (QED) is 0.804. The second kappa shape index (κ2) is 5.10. The van der Waals surface area contributed by atoms with Crippen molar-refractivity contribution >= 4 is 22.6 Å². The third-order valence-electron chi connectivity index (χ3n) is 3.75. The maximum atomic E-state index is 13.3. The predicted octanol–water partition coefficient (Wildman–Crippen LogP) is 3.65. The molecule has 0 aliphatic carbocycles. The monoisotopic (exact) mass is 282 g/mol. The van der Waals surface area contributed by atoms with Gasteiger partial charge in [0.2, 0.25) is 0 Å². The van der Waals surface area contributed by atoms with Crippen molar-refractivity contribution in [3.05, 3.63) is 29.8 Å². The zero-order chi connectivity index (χ0) is 13.4. The number of aromatic nitrogens is 2. The normalized spacial score (nSPS) is 21.1. The van der Waals surface area contributed by atoms with Gasteiger partial charge in [-0.25, -0.2) is 9.37 Å².